The molecule has 2 rings (SSSR count). The number of nitrogens with zero attached hydrogens (tertiary/aromatic N) is 1. The SMILES string of the molecule is Cc1cc([N+](=O)[O-])ccc1C(=O)NC1CCCNC1C.Cl. The van der Waals surface area contributed by atoms with Gasteiger partial charge in [0.25, 0.3) is 11.6 Å². The van der Waals surface area contributed by atoms with Gasteiger partial charge >= 0.3 is 0 Å². The lowest BCUT2D eigenvalue weighted by atomic mass is 9.99. The van der Waals surface area contributed by atoms with Crippen molar-refractivity contribution in [3.8, 4) is 0 Å². The molecule has 0 bridgehead atoms. The summed E-state index contributed by atoms with van der Waals surface area (Å²) in [7, 11) is 0. The number of nitro groups is 1. The van der Waals surface area contributed by atoms with E-state index in [-0.39, 0.29) is 36.1 Å². The molecule has 21 heavy (non-hydrogen) atoms. The first-order chi connectivity index (χ1) is 9.49. The number of non-ortho nitro benzene ring substituents is 1. The van der Waals surface area contributed by atoms with Crippen molar-refractivity contribution in [2.45, 2.75) is 38.8 Å². The van der Waals surface area contributed by atoms with Crippen molar-refractivity contribution in [2.24, 2.45) is 0 Å². The van der Waals surface area contributed by atoms with Gasteiger partial charge in [-0.2, -0.15) is 0 Å². The maximum atomic E-state index is 12.3. The Hall–Kier alpha value is -1.66. The second-order valence-electron chi connectivity index (χ2n) is 5.22. The monoisotopic (exact) mass is 313 g/mol. The first kappa shape index (κ1) is 17.4. The third-order valence-corrected chi connectivity index (χ3v) is 3.74. The molecule has 1 saturated heterocycles. The van der Waals surface area contributed by atoms with Crippen molar-refractivity contribution >= 4 is 24.0 Å². The second kappa shape index (κ2) is 7.38. The van der Waals surface area contributed by atoms with Crippen LogP contribution in [0.25, 0.3) is 0 Å². The van der Waals surface area contributed by atoms with Crippen molar-refractivity contribution in [1.29, 1.82) is 0 Å². The van der Waals surface area contributed by atoms with E-state index >= 15 is 0 Å². The van der Waals surface area contributed by atoms with Gasteiger partial charge in [0.05, 0.1) is 4.92 Å². The van der Waals surface area contributed by atoms with Crippen molar-refractivity contribution in [3.05, 3.63) is 39.4 Å². The maximum absolute atomic E-state index is 12.3. The topological polar surface area (TPSA) is 84.3 Å². The van der Waals surface area contributed by atoms with E-state index in [0.29, 0.717) is 11.1 Å². The fraction of sp³-hybridized carbons (Fsp3) is 0.500. The Balaban J connectivity index is 0.00000220. The largest absolute Gasteiger partial charge is 0.348 e. The molecule has 1 amide bonds. The van der Waals surface area contributed by atoms with Gasteiger partial charge in [-0.05, 0) is 44.9 Å². The molecule has 1 heterocycles. The highest BCUT2D eigenvalue weighted by atomic mass is 35.5. The normalized spacial score (nSPS) is 21.2. The average Bonchev–Trinajstić information content (AvgIpc) is 2.41. The zero-order valence-corrected chi connectivity index (χ0v) is 12.9. The number of carbonyl (C=O) groups is 1. The molecule has 0 spiro atoms. The summed E-state index contributed by atoms with van der Waals surface area (Å²) in [5, 5.41) is 17.0. The van der Waals surface area contributed by atoms with Crippen molar-refractivity contribution in [1.82, 2.24) is 10.6 Å². The van der Waals surface area contributed by atoms with Crippen molar-refractivity contribution in [2.75, 3.05) is 6.54 Å². The van der Waals surface area contributed by atoms with E-state index in [2.05, 4.69) is 10.6 Å². The van der Waals surface area contributed by atoms with Gasteiger partial charge in [0.2, 0.25) is 0 Å². The molecule has 1 aromatic carbocycles. The lowest BCUT2D eigenvalue weighted by Crippen LogP contribution is -2.52. The summed E-state index contributed by atoms with van der Waals surface area (Å²) in [5.41, 5.74) is 1.12. The van der Waals surface area contributed by atoms with E-state index in [4.69, 9.17) is 0 Å². The van der Waals surface area contributed by atoms with Gasteiger partial charge in [-0.25, -0.2) is 0 Å². The Morgan fingerprint density at radius 1 is 1.48 bits per heavy atom. The standard InChI is InChI=1S/C14H19N3O3.ClH/c1-9-8-11(17(19)20)5-6-12(9)14(18)16-13-4-3-7-15-10(13)2;/h5-6,8,10,13,15H,3-4,7H2,1-2H3,(H,16,18);1H. The summed E-state index contributed by atoms with van der Waals surface area (Å²) in [4.78, 5) is 22.5. The average molecular weight is 314 g/mol. The number of rotatable bonds is 3. The number of nitro benzene ring substituents is 1. The third kappa shape index (κ3) is 4.15. The molecular formula is C14H20ClN3O3. The first-order valence-electron chi connectivity index (χ1n) is 6.78. The Bertz CT molecular complexity index is 536. The minimum Gasteiger partial charge on any atom is -0.348 e. The van der Waals surface area contributed by atoms with Crippen molar-refractivity contribution < 1.29 is 9.72 Å². The zero-order chi connectivity index (χ0) is 14.7. The number of hydrogen-bond donors (Lipinski definition) is 2. The van der Waals surface area contributed by atoms with Crippen LogP contribution in [-0.4, -0.2) is 29.5 Å². The number of amides is 1. The van der Waals surface area contributed by atoms with Gasteiger partial charge in [0, 0.05) is 29.8 Å². The van der Waals surface area contributed by atoms with Crippen LogP contribution in [0.3, 0.4) is 0 Å². The van der Waals surface area contributed by atoms with Crippen molar-refractivity contribution in [3.63, 3.8) is 0 Å². The van der Waals surface area contributed by atoms with E-state index in [1.54, 1.807) is 6.92 Å². The van der Waals surface area contributed by atoms with Crippen LogP contribution in [0.1, 0.15) is 35.7 Å². The lowest BCUT2D eigenvalue weighted by molar-refractivity contribution is -0.384. The molecule has 1 aliphatic heterocycles. The summed E-state index contributed by atoms with van der Waals surface area (Å²) in [6.07, 6.45) is 1.99. The Morgan fingerprint density at radius 2 is 2.19 bits per heavy atom. The maximum Gasteiger partial charge on any atom is 0.269 e. The molecule has 6 nitrogen and oxygen atoms in total. The fourth-order valence-electron chi connectivity index (χ4n) is 2.50. The molecule has 2 N–H and O–H groups in total. The van der Waals surface area contributed by atoms with E-state index in [9.17, 15) is 14.9 Å². The number of piperidine rings is 1. The predicted octanol–water partition coefficient (Wildman–Crippen LogP) is 2.20. The van der Waals surface area contributed by atoms with Crippen LogP contribution < -0.4 is 10.6 Å². The van der Waals surface area contributed by atoms with Crippen LogP contribution in [0.15, 0.2) is 18.2 Å². The fourth-order valence-corrected chi connectivity index (χ4v) is 2.50. The third-order valence-electron chi connectivity index (χ3n) is 3.74. The molecule has 0 aromatic heterocycles. The minimum atomic E-state index is -0.457. The van der Waals surface area contributed by atoms with Crippen LogP contribution >= 0.6 is 12.4 Å². The molecule has 1 aromatic rings. The molecular weight excluding hydrogens is 294 g/mol. The quantitative estimate of drug-likeness (QED) is 0.662. The molecule has 0 saturated carbocycles. The molecule has 116 valence electrons. The molecule has 7 heteroatoms. The Morgan fingerprint density at radius 3 is 2.76 bits per heavy atom. The zero-order valence-electron chi connectivity index (χ0n) is 12.1. The van der Waals surface area contributed by atoms with E-state index in [0.717, 1.165) is 19.4 Å². The Kier molecular flexibility index (Phi) is 6.11. The van der Waals surface area contributed by atoms with E-state index in [1.165, 1.54) is 18.2 Å². The summed E-state index contributed by atoms with van der Waals surface area (Å²) in [5.74, 6) is -0.169. The van der Waals surface area contributed by atoms with Crippen LogP contribution in [-0.2, 0) is 0 Å². The molecule has 2 unspecified atom stereocenters. The van der Waals surface area contributed by atoms with Gasteiger partial charge in [-0.15, -0.1) is 12.4 Å². The van der Waals surface area contributed by atoms with Gasteiger partial charge in [-0.1, -0.05) is 0 Å². The molecule has 1 aliphatic rings. The van der Waals surface area contributed by atoms with Gasteiger partial charge in [0.1, 0.15) is 0 Å². The number of halogens is 1. The molecule has 1 fully saturated rings. The summed E-state index contributed by atoms with van der Waals surface area (Å²) >= 11 is 0. The number of carbonyl (C=O) groups excluding carboxylic acids is 1. The van der Waals surface area contributed by atoms with Crippen LogP contribution in [0.2, 0.25) is 0 Å². The smallest absolute Gasteiger partial charge is 0.269 e. The minimum absolute atomic E-state index is 0. The lowest BCUT2D eigenvalue weighted by Gasteiger charge is -2.30. The summed E-state index contributed by atoms with van der Waals surface area (Å²) < 4.78 is 0. The highest BCUT2D eigenvalue weighted by Gasteiger charge is 2.23. The van der Waals surface area contributed by atoms with Crippen LogP contribution in [0.5, 0.6) is 0 Å². The first-order valence-corrected chi connectivity index (χ1v) is 6.78. The highest BCUT2D eigenvalue weighted by Crippen LogP contribution is 2.18. The predicted molar refractivity (Wildman–Crippen MR) is 83.0 cm³/mol. The number of hydrogen-bond acceptors (Lipinski definition) is 4. The van der Waals surface area contributed by atoms with Crippen LogP contribution in [0, 0.1) is 17.0 Å². The van der Waals surface area contributed by atoms with Crippen LogP contribution in [0.4, 0.5) is 5.69 Å². The molecule has 0 radical (unpaired) electrons. The number of aryl methyl sites for hydroxylation is 1. The highest BCUT2D eigenvalue weighted by molar-refractivity contribution is 5.96. The number of benzene rings is 1. The van der Waals surface area contributed by atoms with E-state index in [1.807, 2.05) is 6.92 Å². The number of nitrogens with one attached hydrogen (secondary N) is 2. The summed E-state index contributed by atoms with van der Waals surface area (Å²) in [6.45, 7) is 4.74. The molecule has 0 aliphatic carbocycles. The van der Waals surface area contributed by atoms with Gasteiger partial charge in [-0.3, -0.25) is 14.9 Å². The molecule has 2 atom stereocenters. The van der Waals surface area contributed by atoms with E-state index < -0.39 is 4.92 Å². The van der Waals surface area contributed by atoms with Gasteiger partial charge < -0.3 is 10.6 Å². The van der Waals surface area contributed by atoms with Gasteiger partial charge in [0.15, 0.2) is 0 Å². The Labute approximate surface area is 129 Å². The summed E-state index contributed by atoms with van der Waals surface area (Å²) in [6, 6.07) is 4.66. The second-order valence-corrected chi connectivity index (χ2v) is 5.22.